The van der Waals surface area contributed by atoms with Gasteiger partial charge in [-0.25, -0.2) is 4.98 Å². The minimum Gasteiger partial charge on any atom is -0.440 e. The molecule has 0 aliphatic carbocycles. The molecule has 5 aromatic carbocycles. The Kier molecular flexibility index (Phi) is 5.19. The van der Waals surface area contributed by atoms with Gasteiger partial charge in [-0.2, -0.15) is 0 Å². The summed E-state index contributed by atoms with van der Waals surface area (Å²) in [5, 5.41) is 8.88. The third kappa shape index (κ3) is 3.82. The second-order valence-electron chi connectivity index (χ2n) is 10.9. The Bertz CT molecular complexity index is 2360. The summed E-state index contributed by atoms with van der Waals surface area (Å²) in [5.74, 6) is 0.814. The minimum atomic E-state index is 0.640. The van der Waals surface area contributed by atoms with Gasteiger partial charge in [-0.3, -0.25) is 0 Å². The molecule has 0 saturated heterocycles. The maximum absolute atomic E-state index is 6.31. The molecule has 5 heteroatoms. The highest BCUT2D eigenvalue weighted by Gasteiger charge is 2.21. The lowest BCUT2D eigenvalue weighted by molar-refractivity contribution is 0.628. The number of nitrogens with zero attached hydrogens (tertiary/aromatic N) is 2. The van der Waals surface area contributed by atoms with E-state index in [0.29, 0.717) is 5.71 Å². The Morgan fingerprint density at radius 1 is 0.628 bits per heavy atom. The molecule has 1 aliphatic rings. The van der Waals surface area contributed by atoms with E-state index in [0.717, 1.165) is 62.4 Å². The maximum atomic E-state index is 6.31. The van der Waals surface area contributed by atoms with Gasteiger partial charge in [0.2, 0.25) is 11.6 Å². The number of aromatic nitrogens is 1. The van der Waals surface area contributed by atoms with Crippen molar-refractivity contribution in [3.05, 3.63) is 133 Å². The minimum absolute atomic E-state index is 0.640. The molecule has 0 unspecified atom stereocenters. The average Bonchev–Trinajstić information content (AvgIpc) is 3.62. The highest BCUT2D eigenvalue weighted by atomic mass is 16.4. The van der Waals surface area contributed by atoms with Gasteiger partial charge in [-0.05, 0) is 70.4 Å². The molecular formula is C38H25N3O2. The number of fused-ring (bicyclic) bond motifs is 7. The summed E-state index contributed by atoms with van der Waals surface area (Å²) in [6.45, 7) is 0.761. The van der Waals surface area contributed by atoms with Crippen molar-refractivity contribution >= 4 is 72.8 Å². The molecule has 5 nitrogen and oxygen atoms in total. The first-order chi connectivity index (χ1) is 21.3. The summed E-state index contributed by atoms with van der Waals surface area (Å²) in [6.07, 6.45) is 6.02. The van der Waals surface area contributed by atoms with Crippen molar-refractivity contribution in [1.82, 2.24) is 4.98 Å². The standard InChI is InChI=1S/C38H25N3O2/c1-2-8-24(9-3-1)34-21-28(20-25-10-4-5-11-29(25)34)41(26-14-16-30-32-12-6-18-39-37(32)42-35(30)22-26)27-15-17-31-33-13-7-19-40-38(33)43-36(31)23-27/h1-18,20-23,40H,19H2. The Morgan fingerprint density at radius 3 is 2.28 bits per heavy atom. The summed E-state index contributed by atoms with van der Waals surface area (Å²) in [6, 6.07) is 40.5. The number of furan rings is 2. The Hall–Kier alpha value is -5.81. The van der Waals surface area contributed by atoms with Gasteiger partial charge < -0.3 is 19.1 Å². The molecule has 0 spiro atoms. The van der Waals surface area contributed by atoms with Gasteiger partial charge in [0.25, 0.3) is 0 Å². The van der Waals surface area contributed by atoms with Gasteiger partial charge >= 0.3 is 0 Å². The molecule has 9 rings (SSSR count). The maximum Gasteiger partial charge on any atom is 0.227 e. The molecule has 1 aliphatic heterocycles. The van der Waals surface area contributed by atoms with Crippen LogP contribution in [0.2, 0.25) is 0 Å². The fourth-order valence-electron chi connectivity index (χ4n) is 6.34. The number of anilines is 4. The number of nitrogens with one attached hydrogen (secondary N) is 1. The Morgan fingerprint density at radius 2 is 1.40 bits per heavy atom. The zero-order valence-corrected chi connectivity index (χ0v) is 23.1. The zero-order valence-electron chi connectivity index (χ0n) is 23.1. The molecule has 204 valence electrons. The van der Waals surface area contributed by atoms with Crippen molar-refractivity contribution in [3.8, 4) is 11.1 Å². The van der Waals surface area contributed by atoms with E-state index in [2.05, 4.69) is 137 Å². The highest BCUT2D eigenvalue weighted by molar-refractivity contribution is 6.06. The first-order valence-electron chi connectivity index (χ1n) is 14.4. The van der Waals surface area contributed by atoms with Gasteiger partial charge in [0.1, 0.15) is 11.2 Å². The largest absolute Gasteiger partial charge is 0.440 e. The Labute approximate surface area is 247 Å². The van der Waals surface area contributed by atoms with E-state index in [9.17, 15) is 0 Å². The van der Waals surface area contributed by atoms with Crippen LogP contribution in [0.15, 0.2) is 136 Å². The average molecular weight is 556 g/mol. The molecule has 0 radical (unpaired) electrons. The third-order valence-electron chi connectivity index (χ3n) is 8.32. The summed E-state index contributed by atoms with van der Waals surface area (Å²) < 4.78 is 12.5. The van der Waals surface area contributed by atoms with E-state index in [4.69, 9.17) is 8.83 Å². The fraction of sp³-hybridized carbons (Fsp3) is 0.0263. The molecular weight excluding hydrogens is 530 g/mol. The molecule has 0 bridgehead atoms. The van der Waals surface area contributed by atoms with Crippen LogP contribution in [-0.4, -0.2) is 11.5 Å². The molecule has 8 aromatic rings. The van der Waals surface area contributed by atoms with E-state index in [1.807, 2.05) is 6.07 Å². The van der Waals surface area contributed by atoms with Gasteiger partial charge in [0.05, 0.1) is 0 Å². The smallest absolute Gasteiger partial charge is 0.227 e. The number of benzene rings is 5. The van der Waals surface area contributed by atoms with Crippen LogP contribution in [0.25, 0.3) is 61.0 Å². The summed E-state index contributed by atoms with van der Waals surface area (Å²) >= 11 is 0. The zero-order chi connectivity index (χ0) is 28.3. The summed E-state index contributed by atoms with van der Waals surface area (Å²) in [4.78, 5) is 6.73. The topological polar surface area (TPSA) is 54.4 Å². The lowest BCUT2D eigenvalue weighted by Gasteiger charge is -2.26. The van der Waals surface area contributed by atoms with E-state index >= 15 is 0 Å². The number of hydrogen-bond donors (Lipinski definition) is 1. The van der Waals surface area contributed by atoms with E-state index in [-0.39, 0.29) is 0 Å². The van der Waals surface area contributed by atoms with Crippen LogP contribution in [-0.2, 0) is 0 Å². The van der Waals surface area contributed by atoms with E-state index < -0.39 is 0 Å². The van der Waals surface area contributed by atoms with E-state index in [1.165, 1.54) is 21.9 Å². The lowest BCUT2D eigenvalue weighted by atomic mass is 9.96. The fourth-order valence-corrected chi connectivity index (χ4v) is 6.34. The SMILES string of the molecule is C1=Cc2c(oc3cc(N(c4cc(-c5ccccc5)c5ccccc5c4)c4ccc5c(c4)oc4ncccc45)ccc23)NC1. The van der Waals surface area contributed by atoms with Crippen LogP contribution in [0, 0.1) is 0 Å². The second kappa shape index (κ2) is 9.36. The lowest BCUT2D eigenvalue weighted by Crippen LogP contribution is -2.10. The predicted molar refractivity (Wildman–Crippen MR) is 176 cm³/mol. The van der Waals surface area contributed by atoms with Gasteiger partial charge in [-0.15, -0.1) is 0 Å². The van der Waals surface area contributed by atoms with Crippen molar-refractivity contribution in [2.24, 2.45) is 0 Å². The highest BCUT2D eigenvalue weighted by Crippen LogP contribution is 2.44. The van der Waals surface area contributed by atoms with Crippen molar-refractivity contribution in [1.29, 1.82) is 0 Å². The molecule has 0 amide bonds. The quantitative estimate of drug-likeness (QED) is 0.234. The van der Waals surface area contributed by atoms with Crippen LogP contribution in [0.5, 0.6) is 0 Å². The van der Waals surface area contributed by atoms with Gasteiger partial charge in [0, 0.05) is 63.7 Å². The monoisotopic (exact) mass is 555 g/mol. The second-order valence-corrected chi connectivity index (χ2v) is 10.9. The van der Waals surface area contributed by atoms with Crippen LogP contribution in [0.3, 0.4) is 0 Å². The molecule has 4 heterocycles. The Balaban J connectivity index is 1.30. The summed E-state index contributed by atoms with van der Waals surface area (Å²) in [5.41, 5.74) is 8.73. The van der Waals surface area contributed by atoms with Crippen LogP contribution in [0.4, 0.5) is 22.9 Å². The van der Waals surface area contributed by atoms with Gasteiger partial charge in [-0.1, -0.05) is 66.7 Å². The van der Waals surface area contributed by atoms with Crippen LogP contribution in [0.1, 0.15) is 5.56 Å². The molecule has 0 saturated carbocycles. The first-order valence-corrected chi connectivity index (χ1v) is 14.4. The predicted octanol–water partition coefficient (Wildman–Crippen LogP) is 10.5. The van der Waals surface area contributed by atoms with E-state index in [1.54, 1.807) is 6.20 Å². The molecule has 0 atom stereocenters. The van der Waals surface area contributed by atoms with Crippen LogP contribution >= 0.6 is 0 Å². The number of pyridine rings is 1. The number of rotatable bonds is 4. The van der Waals surface area contributed by atoms with Crippen molar-refractivity contribution in [2.75, 3.05) is 16.8 Å². The number of hydrogen-bond acceptors (Lipinski definition) is 5. The van der Waals surface area contributed by atoms with Crippen LogP contribution < -0.4 is 10.2 Å². The van der Waals surface area contributed by atoms with Gasteiger partial charge in [0.15, 0.2) is 0 Å². The van der Waals surface area contributed by atoms with Crippen molar-refractivity contribution in [2.45, 2.75) is 0 Å². The first kappa shape index (κ1) is 23.9. The van der Waals surface area contributed by atoms with Crippen molar-refractivity contribution in [3.63, 3.8) is 0 Å². The third-order valence-corrected chi connectivity index (χ3v) is 8.32. The molecule has 1 N–H and O–H groups in total. The normalized spacial score (nSPS) is 12.7. The molecule has 3 aromatic heterocycles. The molecule has 0 fully saturated rings. The molecule has 43 heavy (non-hydrogen) atoms. The summed E-state index contributed by atoms with van der Waals surface area (Å²) in [7, 11) is 0. The van der Waals surface area contributed by atoms with Crippen molar-refractivity contribution < 1.29 is 8.83 Å².